The summed E-state index contributed by atoms with van der Waals surface area (Å²) in [7, 11) is -2.14. The molecular formula is C22H28NO4PS. The van der Waals surface area contributed by atoms with Crippen LogP contribution < -0.4 is 9.97 Å². The predicted molar refractivity (Wildman–Crippen MR) is 121 cm³/mol. The lowest BCUT2D eigenvalue weighted by atomic mass is 9.98. The summed E-state index contributed by atoms with van der Waals surface area (Å²) in [5.41, 5.74) is 1.19. The van der Waals surface area contributed by atoms with Crippen LogP contribution >= 0.6 is 18.9 Å². The highest BCUT2D eigenvalue weighted by Crippen LogP contribution is 2.54. The van der Waals surface area contributed by atoms with Crippen LogP contribution in [-0.2, 0) is 9.09 Å². The van der Waals surface area contributed by atoms with Gasteiger partial charge in [0.25, 0.3) is 0 Å². The zero-order valence-corrected chi connectivity index (χ0v) is 19.6. The molecule has 0 amide bonds. The summed E-state index contributed by atoms with van der Waals surface area (Å²) in [4.78, 5) is 12.7. The Labute approximate surface area is 177 Å². The molecule has 0 saturated heterocycles. The van der Waals surface area contributed by atoms with Crippen LogP contribution in [0.4, 0.5) is 5.69 Å². The van der Waals surface area contributed by atoms with Crippen molar-refractivity contribution in [2.75, 3.05) is 11.8 Å². The van der Waals surface area contributed by atoms with E-state index in [1.807, 2.05) is 53.7 Å². The quantitative estimate of drug-likeness (QED) is 0.479. The van der Waals surface area contributed by atoms with Crippen molar-refractivity contribution >= 4 is 35.8 Å². The van der Waals surface area contributed by atoms with Crippen LogP contribution in [0.3, 0.4) is 0 Å². The average Bonchev–Trinajstić information content (AvgIpc) is 3.03. The molecule has 0 fully saturated rings. The number of carboxylic acids is 1. The number of carbonyl (C=O) groups is 1. The average molecular weight is 434 g/mol. The van der Waals surface area contributed by atoms with E-state index >= 15 is 0 Å². The van der Waals surface area contributed by atoms with Crippen molar-refractivity contribution in [3.8, 4) is 11.8 Å². The lowest BCUT2D eigenvalue weighted by Crippen LogP contribution is -2.33. The molecule has 1 atom stereocenters. The molecule has 0 aliphatic carbocycles. The Balaban J connectivity index is 2.69. The maximum atomic E-state index is 14.0. The van der Waals surface area contributed by atoms with Gasteiger partial charge in [-0.15, -0.1) is 11.3 Å². The second-order valence-electron chi connectivity index (χ2n) is 8.11. The number of hydrogen-bond donors (Lipinski definition) is 1. The van der Waals surface area contributed by atoms with E-state index in [9.17, 15) is 14.5 Å². The number of rotatable bonds is 6. The maximum absolute atomic E-state index is 14.0. The topological polar surface area (TPSA) is 66.8 Å². The lowest BCUT2D eigenvalue weighted by Gasteiger charge is -2.35. The molecule has 5 nitrogen and oxygen atoms in total. The molecule has 1 unspecified atom stereocenters. The minimum Gasteiger partial charge on any atom is -0.477 e. The third-order valence-electron chi connectivity index (χ3n) is 4.09. The van der Waals surface area contributed by atoms with Crippen molar-refractivity contribution in [3.63, 3.8) is 0 Å². The molecule has 2 aromatic rings. The SMILES string of the molecule is COP(=O)(c1ccc(C)cc1)N(c1cc(C#CC(C)(C)C)sc1C(=O)O)C(C)C. The van der Waals surface area contributed by atoms with Gasteiger partial charge in [0.05, 0.1) is 15.9 Å². The van der Waals surface area contributed by atoms with E-state index in [1.165, 1.54) is 7.11 Å². The zero-order valence-electron chi connectivity index (χ0n) is 17.9. The van der Waals surface area contributed by atoms with Crippen LogP contribution in [0.2, 0.25) is 0 Å². The first-order chi connectivity index (χ1) is 13.4. The fourth-order valence-electron chi connectivity index (χ4n) is 2.79. The molecule has 0 spiro atoms. The molecule has 0 bridgehead atoms. The second-order valence-corrected chi connectivity index (χ2v) is 11.5. The van der Waals surface area contributed by atoms with Gasteiger partial charge in [-0.3, -0.25) is 9.24 Å². The number of nitrogens with zero attached hydrogens (tertiary/aromatic N) is 1. The van der Waals surface area contributed by atoms with Crippen molar-refractivity contribution in [1.82, 2.24) is 0 Å². The van der Waals surface area contributed by atoms with E-state index in [1.54, 1.807) is 22.9 Å². The summed E-state index contributed by atoms with van der Waals surface area (Å²) >= 11 is 1.09. The van der Waals surface area contributed by atoms with Crippen molar-refractivity contribution in [1.29, 1.82) is 0 Å². The number of aryl methyl sites for hydroxylation is 1. The molecule has 0 saturated carbocycles. The first-order valence-electron chi connectivity index (χ1n) is 9.32. The highest BCUT2D eigenvalue weighted by molar-refractivity contribution is 7.68. The first kappa shape index (κ1) is 23.2. The Kier molecular flexibility index (Phi) is 7.01. The summed E-state index contributed by atoms with van der Waals surface area (Å²) in [6.07, 6.45) is 0. The van der Waals surface area contributed by atoms with Gasteiger partial charge in [-0.1, -0.05) is 29.5 Å². The van der Waals surface area contributed by atoms with E-state index in [0.717, 1.165) is 16.9 Å². The number of benzene rings is 1. The third-order valence-corrected chi connectivity index (χ3v) is 7.81. The maximum Gasteiger partial charge on any atom is 0.348 e. The first-order valence-corrected chi connectivity index (χ1v) is 11.7. The lowest BCUT2D eigenvalue weighted by molar-refractivity contribution is 0.0703. The van der Waals surface area contributed by atoms with Gasteiger partial charge in [0, 0.05) is 18.6 Å². The molecular weight excluding hydrogens is 405 g/mol. The summed E-state index contributed by atoms with van der Waals surface area (Å²) < 4.78 is 21.2. The van der Waals surface area contributed by atoms with Crippen LogP contribution in [0.25, 0.3) is 0 Å². The Bertz CT molecular complexity index is 991. The van der Waals surface area contributed by atoms with Crippen LogP contribution in [-0.4, -0.2) is 24.2 Å². The minimum absolute atomic E-state index is 0.0984. The zero-order chi connectivity index (χ0) is 22.0. The Morgan fingerprint density at radius 3 is 2.28 bits per heavy atom. The van der Waals surface area contributed by atoms with Crippen molar-refractivity contribution in [2.45, 2.75) is 47.6 Å². The molecule has 1 heterocycles. The van der Waals surface area contributed by atoms with E-state index in [0.29, 0.717) is 15.9 Å². The van der Waals surface area contributed by atoms with Crippen molar-refractivity contribution in [2.24, 2.45) is 5.41 Å². The molecule has 0 aliphatic heterocycles. The molecule has 0 aliphatic rings. The monoisotopic (exact) mass is 433 g/mol. The molecule has 7 heteroatoms. The predicted octanol–water partition coefficient (Wildman–Crippen LogP) is 5.53. The second kappa shape index (κ2) is 8.75. The number of anilines is 1. The van der Waals surface area contributed by atoms with E-state index < -0.39 is 13.5 Å². The Morgan fingerprint density at radius 2 is 1.83 bits per heavy atom. The van der Waals surface area contributed by atoms with Gasteiger partial charge < -0.3 is 9.63 Å². The standard InChI is InChI=1S/C22H28NO4PS/c1-15(2)23(28(26,27-7)17-10-8-16(3)9-11-17)19-14-18(12-13-22(4,5)6)29-20(19)21(24)25/h8-11,14-15H,1-7H3,(H,24,25). The summed E-state index contributed by atoms with van der Waals surface area (Å²) in [5, 5.41) is 10.3. The molecule has 1 N–H and O–H groups in total. The Hall–Kier alpha value is -2.06. The van der Waals surface area contributed by atoms with Crippen LogP contribution in [0.15, 0.2) is 30.3 Å². The minimum atomic E-state index is -3.54. The Morgan fingerprint density at radius 1 is 1.24 bits per heavy atom. The molecule has 1 aromatic carbocycles. The number of aromatic carboxylic acids is 1. The molecule has 156 valence electrons. The molecule has 29 heavy (non-hydrogen) atoms. The number of carboxylic acid groups (broad SMARTS) is 1. The largest absolute Gasteiger partial charge is 0.477 e. The van der Waals surface area contributed by atoms with Crippen molar-refractivity contribution in [3.05, 3.63) is 45.6 Å². The highest BCUT2D eigenvalue weighted by Gasteiger charge is 2.38. The summed E-state index contributed by atoms with van der Waals surface area (Å²) in [6.45, 7) is 11.6. The van der Waals surface area contributed by atoms with Crippen LogP contribution in [0, 0.1) is 24.2 Å². The van der Waals surface area contributed by atoms with Crippen molar-refractivity contribution < 1.29 is 19.0 Å². The van der Waals surface area contributed by atoms with E-state index in [2.05, 4.69) is 11.8 Å². The van der Waals surface area contributed by atoms with Crippen LogP contribution in [0.5, 0.6) is 0 Å². The van der Waals surface area contributed by atoms with Gasteiger partial charge in [0.1, 0.15) is 4.88 Å². The van der Waals surface area contributed by atoms with E-state index in [4.69, 9.17) is 4.52 Å². The smallest absolute Gasteiger partial charge is 0.348 e. The molecule has 2 rings (SSSR count). The number of hydrogen-bond acceptors (Lipinski definition) is 4. The van der Waals surface area contributed by atoms with Gasteiger partial charge >= 0.3 is 13.5 Å². The normalized spacial score (nSPS) is 13.5. The van der Waals surface area contributed by atoms with Gasteiger partial charge in [-0.05, 0) is 59.7 Å². The van der Waals surface area contributed by atoms with Gasteiger partial charge in [-0.2, -0.15) is 0 Å². The van der Waals surface area contributed by atoms with Gasteiger partial charge in [0.2, 0.25) is 0 Å². The van der Waals surface area contributed by atoms with Gasteiger partial charge in [0.15, 0.2) is 0 Å². The van der Waals surface area contributed by atoms with Crippen LogP contribution in [0.1, 0.15) is 54.7 Å². The summed E-state index contributed by atoms with van der Waals surface area (Å²) in [6, 6.07) is 8.70. The fraction of sp³-hybridized carbons (Fsp3) is 0.409. The summed E-state index contributed by atoms with van der Waals surface area (Å²) in [5.74, 6) is 5.11. The van der Waals surface area contributed by atoms with Gasteiger partial charge in [-0.25, -0.2) is 4.79 Å². The molecule has 1 aromatic heterocycles. The number of thiophene rings is 1. The fourth-order valence-corrected chi connectivity index (χ4v) is 5.91. The molecule has 0 radical (unpaired) electrons. The highest BCUT2D eigenvalue weighted by atomic mass is 32.1. The van der Waals surface area contributed by atoms with E-state index in [-0.39, 0.29) is 16.3 Å². The third kappa shape index (κ3) is 5.30.